The number of hydrogen-bond acceptors (Lipinski definition) is 5. The Balaban J connectivity index is 1.51. The molecular weight excluding hydrogens is 436 g/mol. The molecule has 1 aromatic heterocycles. The fraction of sp³-hybridized carbons (Fsp3) is 0.192. The highest BCUT2D eigenvalue weighted by molar-refractivity contribution is 6.45. The molecule has 0 aliphatic carbocycles. The lowest BCUT2D eigenvalue weighted by Crippen LogP contribution is -2.48. The van der Waals surface area contributed by atoms with Crippen LogP contribution in [0.3, 0.4) is 0 Å². The van der Waals surface area contributed by atoms with Crippen LogP contribution in [0, 0.1) is 6.92 Å². The van der Waals surface area contributed by atoms with Gasteiger partial charge in [-0.1, -0.05) is 54.1 Å². The van der Waals surface area contributed by atoms with Crippen molar-refractivity contribution in [1.82, 2.24) is 9.88 Å². The van der Waals surface area contributed by atoms with Gasteiger partial charge in [0.05, 0.1) is 11.3 Å². The van der Waals surface area contributed by atoms with E-state index in [0.29, 0.717) is 48.2 Å². The van der Waals surface area contributed by atoms with E-state index in [0.717, 1.165) is 16.9 Å². The molecule has 2 aliphatic rings. The number of carbonyl (C=O) groups is 2. The number of imide groups is 1. The van der Waals surface area contributed by atoms with Crippen LogP contribution in [0.15, 0.2) is 78.6 Å². The molecule has 5 rings (SSSR count). The summed E-state index contributed by atoms with van der Waals surface area (Å²) in [7, 11) is 0. The third-order valence-corrected chi connectivity index (χ3v) is 6.34. The van der Waals surface area contributed by atoms with Gasteiger partial charge in [-0.25, -0.2) is 9.88 Å². The zero-order chi connectivity index (χ0) is 22.9. The lowest BCUT2D eigenvalue weighted by Gasteiger charge is -2.37. The van der Waals surface area contributed by atoms with Crippen LogP contribution in [-0.4, -0.2) is 47.9 Å². The molecular formula is C26H23ClN4O2. The van der Waals surface area contributed by atoms with Gasteiger partial charge >= 0.3 is 0 Å². The number of pyridine rings is 1. The number of piperazine rings is 1. The molecule has 33 heavy (non-hydrogen) atoms. The van der Waals surface area contributed by atoms with Crippen molar-refractivity contribution in [3.05, 3.63) is 94.8 Å². The van der Waals surface area contributed by atoms with Gasteiger partial charge in [-0.3, -0.25) is 9.59 Å². The second-order valence-electron chi connectivity index (χ2n) is 8.13. The van der Waals surface area contributed by atoms with E-state index in [9.17, 15) is 9.59 Å². The van der Waals surface area contributed by atoms with Crippen LogP contribution in [0.2, 0.25) is 5.02 Å². The van der Waals surface area contributed by atoms with Crippen molar-refractivity contribution < 1.29 is 9.59 Å². The Bertz CT molecular complexity index is 1240. The quantitative estimate of drug-likeness (QED) is 0.550. The maximum atomic E-state index is 13.8. The molecule has 1 fully saturated rings. The Morgan fingerprint density at radius 1 is 0.818 bits per heavy atom. The van der Waals surface area contributed by atoms with Crippen molar-refractivity contribution in [1.29, 1.82) is 0 Å². The molecule has 2 aliphatic heterocycles. The number of amides is 2. The lowest BCUT2D eigenvalue weighted by atomic mass is 10.0. The monoisotopic (exact) mass is 458 g/mol. The summed E-state index contributed by atoms with van der Waals surface area (Å²) < 4.78 is 0. The first kappa shape index (κ1) is 21.2. The van der Waals surface area contributed by atoms with Crippen LogP contribution < -0.4 is 9.80 Å². The third kappa shape index (κ3) is 3.87. The smallest absolute Gasteiger partial charge is 0.282 e. The van der Waals surface area contributed by atoms with Crippen molar-refractivity contribution in [3.63, 3.8) is 0 Å². The summed E-state index contributed by atoms with van der Waals surface area (Å²) in [6, 6.07) is 20.5. The van der Waals surface area contributed by atoms with Crippen molar-refractivity contribution in [2.24, 2.45) is 0 Å². The van der Waals surface area contributed by atoms with Crippen LogP contribution in [0.5, 0.6) is 0 Å². The number of carbonyl (C=O) groups excluding carboxylic acids is 2. The molecule has 7 heteroatoms. The molecule has 3 aromatic rings. The van der Waals surface area contributed by atoms with E-state index in [-0.39, 0.29) is 11.8 Å². The topological polar surface area (TPSA) is 56.8 Å². The Morgan fingerprint density at radius 3 is 2.21 bits per heavy atom. The normalized spacial score (nSPS) is 16.7. The summed E-state index contributed by atoms with van der Waals surface area (Å²) in [5.41, 5.74) is 2.96. The maximum absolute atomic E-state index is 13.8. The van der Waals surface area contributed by atoms with Crippen LogP contribution in [0.25, 0.3) is 5.57 Å². The van der Waals surface area contributed by atoms with Crippen LogP contribution in [-0.2, 0) is 9.59 Å². The van der Waals surface area contributed by atoms with Gasteiger partial charge in [0, 0.05) is 37.4 Å². The Labute approximate surface area is 197 Å². The molecule has 3 heterocycles. The molecule has 0 N–H and O–H groups in total. The van der Waals surface area contributed by atoms with E-state index < -0.39 is 0 Å². The molecule has 0 radical (unpaired) electrons. The summed E-state index contributed by atoms with van der Waals surface area (Å²) in [4.78, 5) is 37.4. The first-order valence-electron chi connectivity index (χ1n) is 10.9. The van der Waals surface area contributed by atoms with E-state index in [1.165, 1.54) is 4.90 Å². The predicted molar refractivity (Wildman–Crippen MR) is 130 cm³/mol. The van der Waals surface area contributed by atoms with Gasteiger partial charge in [0.25, 0.3) is 11.8 Å². The largest absolute Gasteiger partial charge is 0.363 e. The number of aromatic nitrogens is 1. The van der Waals surface area contributed by atoms with E-state index in [1.807, 2.05) is 66.4 Å². The minimum Gasteiger partial charge on any atom is -0.363 e. The van der Waals surface area contributed by atoms with Gasteiger partial charge in [-0.05, 0) is 42.3 Å². The third-order valence-electron chi connectivity index (χ3n) is 6.10. The standard InChI is InChI=1S/C26H23ClN4O2/c1-18-10-11-20(27)17-21(18)31-25(32)23(19-7-3-2-4-8-19)24(26(31)33)30-15-13-29(14-16-30)22-9-5-6-12-28-22/h2-12,17H,13-16H2,1H3. The van der Waals surface area contributed by atoms with Crippen molar-refractivity contribution in [3.8, 4) is 0 Å². The lowest BCUT2D eigenvalue weighted by molar-refractivity contribution is -0.120. The molecule has 0 bridgehead atoms. The fourth-order valence-corrected chi connectivity index (χ4v) is 4.59. The highest BCUT2D eigenvalue weighted by Crippen LogP contribution is 2.37. The van der Waals surface area contributed by atoms with Crippen molar-refractivity contribution in [2.75, 3.05) is 36.0 Å². The second-order valence-corrected chi connectivity index (χ2v) is 8.56. The van der Waals surface area contributed by atoms with E-state index in [2.05, 4.69) is 9.88 Å². The van der Waals surface area contributed by atoms with E-state index in [4.69, 9.17) is 11.6 Å². The number of nitrogens with zero attached hydrogens (tertiary/aromatic N) is 4. The van der Waals surface area contributed by atoms with Gasteiger partial charge in [-0.15, -0.1) is 0 Å². The van der Waals surface area contributed by atoms with Gasteiger partial charge in [0.2, 0.25) is 0 Å². The minimum absolute atomic E-state index is 0.310. The van der Waals surface area contributed by atoms with E-state index in [1.54, 1.807) is 18.3 Å². The fourth-order valence-electron chi connectivity index (χ4n) is 4.42. The molecule has 0 unspecified atom stereocenters. The first-order valence-corrected chi connectivity index (χ1v) is 11.3. The summed E-state index contributed by atoms with van der Waals surface area (Å²) in [5.74, 6) is 0.286. The summed E-state index contributed by atoms with van der Waals surface area (Å²) in [6.45, 7) is 4.52. The van der Waals surface area contributed by atoms with Crippen LogP contribution in [0.4, 0.5) is 11.5 Å². The Hall–Kier alpha value is -3.64. The van der Waals surface area contributed by atoms with Crippen molar-refractivity contribution in [2.45, 2.75) is 6.92 Å². The summed E-state index contributed by atoms with van der Waals surface area (Å²) in [6.07, 6.45) is 1.78. The maximum Gasteiger partial charge on any atom is 0.282 e. The zero-order valence-corrected chi connectivity index (χ0v) is 19.0. The highest BCUT2D eigenvalue weighted by atomic mass is 35.5. The summed E-state index contributed by atoms with van der Waals surface area (Å²) >= 11 is 6.22. The van der Waals surface area contributed by atoms with E-state index >= 15 is 0 Å². The number of benzene rings is 2. The molecule has 0 saturated carbocycles. The molecule has 6 nitrogen and oxygen atoms in total. The zero-order valence-electron chi connectivity index (χ0n) is 18.2. The molecule has 166 valence electrons. The summed E-state index contributed by atoms with van der Waals surface area (Å²) in [5, 5.41) is 0.481. The molecule has 2 amide bonds. The number of rotatable bonds is 4. The van der Waals surface area contributed by atoms with Crippen molar-refractivity contribution >= 4 is 40.5 Å². The van der Waals surface area contributed by atoms with Gasteiger partial charge in [0.1, 0.15) is 11.5 Å². The van der Waals surface area contributed by atoms with Gasteiger partial charge in [-0.2, -0.15) is 0 Å². The number of hydrogen-bond donors (Lipinski definition) is 0. The van der Waals surface area contributed by atoms with Crippen LogP contribution >= 0.6 is 11.6 Å². The first-order chi connectivity index (χ1) is 16.0. The predicted octanol–water partition coefficient (Wildman–Crippen LogP) is 4.15. The number of anilines is 2. The molecule has 0 atom stereocenters. The average Bonchev–Trinajstić information content (AvgIpc) is 3.11. The SMILES string of the molecule is Cc1ccc(Cl)cc1N1C(=O)C(c2ccccc2)=C(N2CCN(c3ccccn3)CC2)C1=O. The van der Waals surface area contributed by atoms with Crippen LogP contribution in [0.1, 0.15) is 11.1 Å². The number of halogens is 1. The minimum atomic E-state index is -0.321. The average molecular weight is 459 g/mol. The highest BCUT2D eigenvalue weighted by Gasteiger charge is 2.43. The van der Waals surface area contributed by atoms with Gasteiger partial charge in [0.15, 0.2) is 0 Å². The molecule has 2 aromatic carbocycles. The molecule has 0 spiro atoms. The second kappa shape index (κ2) is 8.71. The Kier molecular flexibility index (Phi) is 5.60. The molecule has 1 saturated heterocycles. The number of aryl methyl sites for hydroxylation is 1. The Morgan fingerprint density at radius 2 is 1.52 bits per heavy atom. The van der Waals surface area contributed by atoms with Gasteiger partial charge < -0.3 is 9.80 Å².